The summed E-state index contributed by atoms with van der Waals surface area (Å²) in [6, 6.07) is 19.2. The second-order valence-electron chi connectivity index (χ2n) is 7.42. The number of carbonyl (C=O) groups excluding carboxylic acids is 1. The monoisotopic (exact) mass is 503 g/mol. The number of hydrogen-bond donors (Lipinski definition) is 2. The van der Waals surface area contributed by atoms with E-state index in [2.05, 4.69) is 10.0 Å². The van der Waals surface area contributed by atoms with Crippen molar-refractivity contribution < 1.29 is 26.4 Å². The Bertz CT molecular complexity index is 1340. The number of amides is 1. The van der Waals surface area contributed by atoms with Gasteiger partial charge in [-0.1, -0.05) is 18.2 Å². The van der Waals surface area contributed by atoms with E-state index in [0.717, 1.165) is 10.6 Å². The van der Waals surface area contributed by atoms with Crippen molar-refractivity contribution in [1.82, 2.24) is 0 Å². The van der Waals surface area contributed by atoms with Crippen LogP contribution in [-0.4, -0.2) is 42.2 Å². The highest BCUT2D eigenvalue weighted by atomic mass is 32.2. The van der Waals surface area contributed by atoms with Crippen molar-refractivity contribution >= 4 is 43.0 Å². The van der Waals surface area contributed by atoms with Crippen molar-refractivity contribution in [3.8, 4) is 5.75 Å². The lowest BCUT2D eigenvalue weighted by Crippen LogP contribution is -2.45. The van der Waals surface area contributed by atoms with Crippen molar-refractivity contribution in [3.63, 3.8) is 0 Å². The normalized spacial score (nSPS) is 12.4. The topological polar surface area (TPSA) is 122 Å². The standard InChI is InChI=1S/C23H25N3O6S2/c1-17(26(33(3,28)29)20-11-13-21(32-2)14-12-20)23(27)24-18-9-15-22(16-10-18)34(30,31)25-19-7-5-4-6-8-19/h4-17,25H,1-3H3,(H,24,27)/t17-/m0/s1. The number of ether oxygens (including phenoxy) is 1. The predicted octanol–water partition coefficient (Wildman–Crippen LogP) is 3.29. The molecule has 1 amide bonds. The first-order valence-electron chi connectivity index (χ1n) is 10.1. The molecule has 0 aliphatic carbocycles. The highest BCUT2D eigenvalue weighted by molar-refractivity contribution is 7.92. The van der Waals surface area contributed by atoms with E-state index in [-0.39, 0.29) is 4.90 Å². The second-order valence-corrected chi connectivity index (χ2v) is 11.0. The maximum absolute atomic E-state index is 12.8. The van der Waals surface area contributed by atoms with Gasteiger partial charge in [0, 0.05) is 11.4 Å². The van der Waals surface area contributed by atoms with Crippen LogP contribution in [-0.2, 0) is 24.8 Å². The third-order valence-electron chi connectivity index (χ3n) is 4.87. The smallest absolute Gasteiger partial charge is 0.261 e. The molecule has 0 saturated heterocycles. The van der Waals surface area contributed by atoms with Crippen molar-refractivity contribution in [2.24, 2.45) is 0 Å². The molecule has 0 heterocycles. The van der Waals surface area contributed by atoms with Crippen molar-refractivity contribution in [2.45, 2.75) is 17.9 Å². The fourth-order valence-corrected chi connectivity index (χ4v) is 5.46. The van der Waals surface area contributed by atoms with E-state index in [1.54, 1.807) is 54.6 Å². The van der Waals surface area contributed by atoms with Crippen LogP contribution >= 0.6 is 0 Å². The average molecular weight is 504 g/mol. The number of anilines is 3. The van der Waals surface area contributed by atoms with Crippen molar-refractivity contribution in [2.75, 3.05) is 27.7 Å². The Hall–Kier alpha value is -3.57. The highest BCUT2D eigenvalue weighted by Gasteiger charge is 2.29. The summed E-state index contributed by atoms with van der Waals surface area (Å²) in [5.41, 5.74) is 1.05. The lowest BCUT2D eigenvalue weighted by Gasteiger charge is -2.28. The molecule has 0 fully saturated rings. The van der Waals surface area contributed by atoms with Crippen LogP contribution in [0.2, 0.25) is 0 Å². The predicted molar refractivity (Wildman–Crippen MR) is 132 cm³/mol. The van der Waals surface area contributed by atoms with Crippen LogP contribution in [0.3, 0.4) is 0 Å². The molecule has 3 rings (SSSR count). The van der Waals surface area contributed by atoms with E-state index in [1.807, 2.05) is 0 Å². The molecule has 0 aromatic heterocycles. The van der Waals surface area contributed by atoms with Gasteiger partial charge in [-0.2, -0.15) is 0 Å². The molecule has 34 heavy (non-hydrogen) atoms. The van der Waals surface area contributed by atoms with Crippen LogP contribution in [0.25, 0.3) is 0 Å². The Balaban J connectivity index is 1.75. The lowest BCUT2D eigenvalue weighted by atomic mass is 10.2. The zero-order valence-electron chi connectivity index (χ0n) is 18.8. The fraction of sp³-hybridized carbons (Fsp3) is 0.174. The minimum absolute atomic E-state index is 0.0124. The molecule has 2 N–H and O–H groups in total. The van der Waals surface area contributed by atoms with Crippen LogP contribution in [0.15, 0.2) is 83.8 Å². The first-order valence-corrected chi connectivity index (χ1v) is 13.5. The molecule has 0 aliphatic rings. The van der Waals surface area contributed by atoms with Crippen LogP contribution in [0.4, 0.5) is 17.1 Å². The molecule has 180 valence electrons. The maximum Gasteiger partial charge on any atom is 0.261 e. The molecule has 3 aromatic rings. The number of benzene rings is 3. The van der Waals surface area contributed by atoms with Crippen LogP contribution in [0.5, 0.6) is 5.75 Å². The number of methoxy groups -OCH3 is 1. The van der Waals surface area contributed by atoms with Crippen molar-refractivity contribution in [3.05, 3.63) is 78.9 Å². The minimum Gasteiger partial charge on any atom is -0.497 e. The van der Waals surface area contributed by atoms with Gasteiger partial charge in [-0.25, -0.2) is 16.8 Å². The minimum atomic E-state index is -3.81. The largest absolute Gasteiger partial charge is 0.497 e. The third-order valence-corrected chi connectivity index (χ3v) is 7.51. The van der Waals surface area contributed by atoms with Gasteiger partial charge in [-0.3, -0.25) is 13.8 Å². The number of sulfonamides is 2. The molecule has 0 bridgehead atoms. The quantitative estimate of drug-likeness (QED) is 0.462. The highest BCUT2D eigenvalue weighted by Crippen LogP contribution is 2.25. The summed E-state index contributed by atoms with van der Waals surface area (Å²) >= 11 is 0. The maximum atomic E-state index is 12.8. The third kappa shape index (κ3) is 6.06. The Morgan fingerprint density at radius 1 is 0.853 bits per heavy atom. The number of para-hydroxylation sites is 1. The van der Waals surface area contributed by atoms with Gasteiger partial charge >= 0.3 is 0 Å². The number of nitrogens with zero attached hydrogens (tertiary/aromatic N) is 1. The van der Waals surface area contributed by atoms with Gasteiger partial charge in [0.25, 0.3) is 10.0 Å². The average Bonchev–Trinajstić information content (AvgIpc) is 2.79. The van der Waals surface area contributed by atoms with Gasteiger partial charge in [0.1, 0.15) is 11.8 Å². The number of hydrogen-bond acceptors (Lipinski definition) is 6. The molecular formula is C23H25N3O6S2. The zero-order valence-corrected chi connectivity index (χ0v) is 20.4. The second kappa shape index (κ2) is 10.1. The molecule has 0 spiro atoms. The molecule has 3 aromatic carbocycles. The van der Waals surface area contributed by atoms with Crippen LogP contribution in [0.1, 0.15) is 6.92 Å². The molecule has 1 atom stereocenters. The molecule has 0 radical (unpaired) electrons. The van der Waals surface area contributed by atoms with E-state index in [9.17, 15) is 21.6 Å². The molecule has 9 nitrogen and oxygen atoms in total. The molecule has 0 saturated carbocycles. The number of carbonyl (C=O) groups is 1. The lowest BCUT2D eigenvalue weighted by molar-refractivity contribution is -0.116. The Morgan fingerprint density at radius 3 is 1.97 bits per heavy atom. The van der Waals surface area contributed by atoms with Gasteiger partial charge in [-0.15, -0.1) is 0 Å². The molecule has 11 heteroatoms. The van der Waals surface area contributed by atoms with Gasteiger partial charge < -0.3 is 10.1 Å². The van der Waals surface area contributed by atoms with Crippen molar-refractivity contribution in [1.29, 1.82) is 0 Å². The van der Waals surface area contributed by atoms with Crippen LogP contribution in [0, 0.1) is 0 Å². The molecule has 0 unspecified atom stereocenters. The van der Waals surface area contributed by atoms with E-state index < -0.39 is 32.0 Å². The first kappa shape index (κ1) is 25.1. The van der Waals surface area contributed by atoms with Gasteiger partial charge in [-0.05, 0) is 67.6 Å². The summed E-state index contributed by atoms with van der Waals surface area (Å²) in [5, 5.41) is 2.63. The summed E-state index contributed by atoms with van der Waals surface area (Å²) in [6.07, 6.45) is 1.01. The fourth-order valence-electron chi connectivity index (χ4n) is 3.22. The summed E-state index contributed by atoms with van der Waals surface area (Å²) < 4.78 is 58.6. The Labute approximate surface area is 199 Å². The number of nitrogens with one attached hydrogen (secondary N) is 2. The van der Waals surface area contributed by atoms with Gasteiger partial charge in [0.05, 0.1) is 23.9 Å². The molecule has 0 aliphatic heterocycles. The summed E-state index contributed by atoms with van der Waals surface area (Å²) in [7, 11) is -6.10. The van der Waals surface area contributed by atoms with Crippen LogP contribution < -0.4 is 19.1 Å². The summed E-state index contributed by atoms with van der Waals surface area (Å²) in [4.78, 5) is 12.9. The first-order chi connectivity index (χ1) is 16.0. The van der Waals surface area contributed by atoms with Gasteiger partial charge in [0.15, 0.2) is 0 Å². The van der Waals surface area contributed by atoms with E-state index in [0.29, 0.717) is 22.8 Å². The zero-order chi connectivity index (χ0) is 24.9. The van der Waals surface area contributed by atoms with Gasteiger partial charge in [0.2, 0.25) is 15.9 Å². The SMILES string of the molecule is COc1ccc(N([C@@H](C)C(=O)Nc2ccc(S(=O)(=O)Nc3ccccc3)cc2)S(C)(=O)=O)cc1. The Morgan fingerprint density at radius 2 is 1.44 bits per heavy atom. The molecular weight excluding hydrogens is 478 g/mol. The number of rotatable bonds is 9. The van der Waals surface area contributed by atoms with E-state index in [4.69, 9.17) is 4.74 Å². The van der Waals surface area contributed by atoms with E-state index >= 15 is 0 Å². The summed E-state index contributed by atoms with van der Waals surface area (Å²) in [5.74, 6) is -0.0367. The Kier molecular flexibility index (Phi) is 7.48. The summed E-state index contributed by atoms with van der Waals surface area (Å²) in [6.45, 7) is 1.46. The van der Waals surface area contributed by atoms with E-state index in [1.165, 1.54) is 38.3 Å².